The van der Waals surface area contributed by atoms with Crippen LogP contribution in [0.1, 0.15) is 13.3 Å². The van der Waals surface area contributed by atoms with Gasteiger partial charge in [-0.1, -0.05) is 0 Å². The van der Waals surface area contributed by atoms with E-state index in [2.05, 4.69) is 4.90 Å². The molecule has 1 fully saturated rings. The first-order valence-electron chi connectivity index (χ1n) is 4.27. The van der Waals surface area contributed by atoms with Crippen LogP contribution in [0.3, 0.4) is 0 Å². The number of aliphatic hydroxyl groups is 1. The third kappa shape index (κ3) is 3.99. The summed E-state index contributed by atoms with van der Waals surface area (Å²) in [4.78, 5) is 2.35. The second kappa shape index (κ2) is 5.01. The molecule has 66 valence electrons. The van der Waals surface area contributed by atoms with Crippen molar-refractivity contribution in [2.24, 2.45) is 0 Å². The highest BCUT2D eigenvalue weighted by Gasteiger charge is 2.10. The van der Waals surface area contributed by atoms with E-state index in [1.54, 1.807) is 0 Å². The standard InChI is InChI=1S/C8H17NOS/c1-8(10)7-9-3-2-5-11-6-4-9/h8,10H,2-7H2,1H3. The largest absolute Gasteiger partial charge is 0.392 e. The van der Waals surface area contributed by atoms with Crippen LogP contribution in [0, 0.1) is 0 Å². The molecule has 1 atom stereocenters. The quantitative estimate of drug-likeness (QED) is 0.672. The van der Waals surface area contributed by atoms with Crippen molar-refractivity contribution in [2.75, 3.05) is 31.1 Å². The third-order valence-corrected chi connectivity index (χ3v) is 2.89. The van der Waals surface area contributed by atoms with Gasteiger partial charge in [-0.05, 0) is 25.6 Å². The number of nitrogens with zero attached hydrogens (tertiary/aromatic N) is 1. The average molecular weight is 175 g/mol. The van der Waals surface area contributed by atoms with E-state index in [-0.39, 0.29) is 6.10 Å². The van der Waals surface area contributed by atoms with Gasteiger partial charge in [0.15, 0.2) is 0 Å². The molecule has 0 aliphatic carbocycles. The first kappa shape index (κ1) is 9.36. The molecule has 0 radical (unpaired) electrons. The van der Waals surface area contributed by atoms with Crippen LogP contribution in [0.4, 0.5) is 0 Å². The van der Waals surface area contributed by atoms with Gasteiger partial charge in [0.25, 0.3) is 0 Å². The first-order valence-corrected chi connectivity index (χ1v) is 5.42. The number of hydrogen-bond acceptors (Lipinski definition) is 3. The molecular formula is C8H17NOS. The van der Waals surface area contributed by atoms with Crippen molar-refractivity contribution in [2.45, 2.75) is 19.4 Å². The monoisotopic (exact) mass is 175 g/mol. The predicted octanol–water partition coefficient (Wildman–Crippen LogP) is 0.806. The fraction of sp³-hybridized carbons (Fsp3) is 1.00. The molecule has 11 heavy (non-hydrogen) atoms. The number of β-amino-alcohol motifs (C(OH)–C–C–N with tert-alkyl or cyclic N) is 1. The molecule has 1 aliphatic heterocycles. The van der Waals surface area contributed by atoms with Gasteiger partial charge in [-0.15, -0.1) is 0 Å². The molecule has 0 aromatic rings. The smallest absolute Gasteiger partial charge is 0.0639 e. The lowest BCUT2D eigenvalue weighted by molar-refractivity contribution is 0.131. The van der Waals surface area contributed by atoms with E-state index >= 15 is 0 Å². The summed E-state index contributed by atoms with van der Waals surface area (Å²) in [5, 5.41) is 9.15. The van der Waals surface area contributed by atoms with Crippen LogP contribution in [0.2, 0.25) is 0 Å². The van der Waals surface area contributed by atoms with E-state index in [4.69, 9.17) is 5.11 Å². The molecule has 1 heterocycles. The van der Waals surface area contributed by atoms with E-state index in [1.165, 1.54) is 17.9 Å². The molecule has 0 saturated carbocycles. The predicted molar refractivity (Wildman–Crippen MR) is 50.1 cm³/mol. The van der Waals surface area contributed by atoms with E-state index in [9.17, 15) is 0 Å². The Hall–Kier alpha value is 0.270. The van der Waals surface area contributed by atoms with Gasteiger partial charge in [0.2, 0.25) is 0 Å². The summed E-state index contributed by atoms with van der Waals surface area (Å²) < 4.78 is 0. The Bertz CT molecular complexity index is 100. The Morgan fingerprint density at radius 3 is 3.00 bits per heavy atom. The van der Waals surface area contributed by atoms with Gasteiger partial charge in [0, 0.05) is 18.8 Å². The summed E-state index contributed by atoms with van der Waals surface area (Å²) in [6, 6.07) is 0. The van der Waals surface area contributed by atoms with Crippen LogP contribution in [-0.4, -0.2) is 47.3 Å². The number of rotatable bonds is 2. The van der Waals surface area contributed by atoms with Crippen LogP contribution in [0.25, 0.3) is 0 Å². The molecule has 1 aliphatic rings. The lowest BCUT2D eigenvalue weighted by Gasteiger charge is -2.20. The fourth-order valence-corrected chi connectivity index (χ4v) is 2.28. The number of thioether (sulfide) groups is 1. The second-order valence-corrected chi connectivity index (χ2v) is 4.34. The van der Waals surface area contributed by atoms with Gasteiger partial charge in [-0.3, -0.25) is 4.90 Å². The molecule has 0 amide bonds. The molecule has 1 rings (SSSR count). The van der Waals surface area contributed by atoms with E-state index < -0.39 is 0 Å². The van der Waals surface area contributed by atoms with Gasteiger partial charge in [-0.25, -0.2) is 0 Å². The van der Waals surface area contributed by atoms with Gasteiger partial charge in [0.1, 0.15) is 0 Å². The first-order chi connectivity index (χ1) is 5.29. The molecule has 3 heteroatoms. The third-order valence-electron chi connectivity index (χ3n) is 1.84. The summed E-state index contributed by atoms with van der Waals surface area (Å²) in [7, 11) is 0. The van der Waals surface area contributed by atoms with Gasteiger partial charge < -0.3 is 5.11 Å². The average Bonchev–Trinajstić information content (AvgIpc) is 2.14. The van der Waals surface area contributed by atoms with E-state index in [1.807, 2.05) is 18.7 Å². The SMILES string of the molecule is CC(O)CN1CCCSCC1. The molecule has 0 aromatic carbocycles. The lowest BCUT2D eigenvalue weighted by Crippen LogP contribution is -2.32. The molecular weight excluding hydrogens is 158 g/mol. The lowest BCUT2D eigenvalue weighted by atomic mass is 10.3. The van der Waals surface area contributed by atoms with Gasteiger partial charge in [-0.2, -0.15) is 11.8 Å². The Labute approximate surface area is 73.0 Å². The van der Waals surface area contributed by atoms with Crippen LogP contribution < -0.4 is 0 Å². The molecule has 1 saturated heterocycles. The molecule has 1 unspecified atom stereocenters. The molecule has 0 spiro atoms. The van der Waals surface area contributed by atoms with Crippen LogP contribution in [0.15, 0.2) is 0 Å². The van der Waals surface area contributed by atoms with Gasteiger partial charge >= 0.3 is 0 Å². The van der Waals surface area contributed by atoms with Crippen LogP contribution >= 0.6 is 11.8 Å². The normalized spacial score (nSPS) is 24.5. The highest BCUT2D eigenvalue weighted by Crippen LogP contribution is 2.09. The number of hydrogen-bond donors (Lipinski definition) is 1. The summed E-state index contributed by atoms with van der Waals surface area (Å²) in [6.07, 6.45) is 1.11. The minimum Gasteiger partial charge on any atom is -0.392 e. The summed E-state index contributed by atoms with van der Waals surface area (Å²) in [5.74, 6) is 2.52. The zero-order valence-electron chi connectivity index (χ0n) is 7.12. The minimum atomic E-state index is -0.168. The molecule has 0 bridgehead atoms. The highest BCUT2D eigenvalue weighted by atomic mass is 32.2. The molecule has 1 N–H and O–H groups in total. The van der Waals surface area contributed by atoms with Crippen molar-refractivity contribution in [3.8, 4) is 0 Å². The van der Waals surface area contributed by atoms with Crippen LogP contribution in [-0.2, 0) is 0 Å². The van der Waals surface area contributed by atoms with Crippen molar-refractivity contribution in [3.05, 3.63) is 0 Å². The van der Waals surface area contributed by atoms with E-state index in [0.29, 0.717) is 0 Å². The number of aliphatic hydroxyl groups excluding tert-OH is 1. The Morgan fingerprint density at radius 1 is 1.45 bits per heavy atom. The zero-order valence-corrected chi connectivity index (χ0v) is 7.94. The summed E-state index contributed by atoms with van der Waals surface area (Å²) in [6.45, 7) is 5.02. The van der Waals surface area contributed by atoms with E-state index in [0.717, 1.165) is 19.6 Å². The van der Waals surface area contributed by atoms with Crippen molar-refractivity contribution in [3.63, 3.8) is 0 Å². The molecule has 2 nitrogen and oxygen atoms in total. The Morgan fingerprint density at radius 2 is 2.27 bits per heavy atom. The zero-order chi connectivity index (χ0) is 8.10. The van der Waals surface area contributed by atoms with Crippen molar-refractivity contribution < 1.29 is 5.11 Å². The maximum absolute atomic E-state index is 9.15. The van der Waals surface area contributed by atoms with Crippen molar-refractivity contribution in [1.82, 2.24) is 4.90 Å². The summed E-state index contributed by atoms with van der Waals surface area (Å²) in [5.41, 5.74) is 0. The maximum atomic E-state index is 9.15. The van der Waals surface area contributed by atoms with Crippen molar-refractivity contribution >= 4 is 11.8 Å². The highest BCUT2D eigenvalue weighted by molar-refractivity contribution is 7.99. The Kier molecular flexibility index (Phi) is 4.26. The molecule has 0 aromatic heterocycles. The fourth-order valence-electron chi connectivity index (χ4n) is 1.35. The van der Waals surface area contributed by atoms with Crippen molar-refractivity contribution in [1.29, 1.82) is 0 Å². The summed E-state index contributed by atoms with van der Waals surface area (Å²) >= 11 is 2.02. The Balaban J connectivity index is 2.20. The minimum absolute atomic E-state index is 0.168. The maximum Gasteiger partial charge on any atom is 0.0639 e. The second-order valence-electron chi connectivity index (χ2n) is 3.12. The topological polar surface area (TPSA) is 23.5 Å². The van der Waals surface area contributed by atoms with Crippen LogP contribution in [0.5, 0.6) is 0 Å². The van der Waals surface area contributed by atoms with Gasteiger partial charge in [0.05, 0.1) is 6.10 Å².